The molecule has 6 nitrogen and oxygen atoms in total. The van der Waals surface area contributed by atoms with Crippen LogP contribution in [0.4, 0.5) is 13.2 Å². The quantitative estimate of drug-likeness (QED) is 0.628. The van der Waals surface area contributed by atoms with Crippen LogP contribution in [0.25, 0.3) is 11.4 Å². The van der Waals surface area contributed by atoms with Crippen LogP contribution >= 0.6 is 0 Å². The smallest absolute Gasteiger partial charge is 0.471 e. The Morgan fingerprint density at radius 1 is 1.13 bits per heavy atom. The summed E-state index contributed by atoms with van der Waals surface area (Å²) in [5.41, 5.74) is 1.35. The van der Waals surface area contributed by atoms with Crippen LogP contribution < -0.4 is 4.74 Å². The van der Waals surface area contributed by atoms with Gasteiger partial charge in [0.05, 0.1) is 13.0 Å². The van der Waals surface area contributed by atoms with Crippen molar-refractivity contribution in [2.45, 2.75) is 25.1 Å². The van der Waals surface area contributed by atoms with E-state index in [0.29, 0.717) is 37.2 Å². The summed E-state index contributed by atoms with van der Waals surface area (Å²) in [6.45, 7) is 1.12. The van der Waals surface area contributed by atoms with Crippen LogP contribution in [0.2, 0.25) is 0 Å². The average molecular weight is 417 g/mol. The summed E-state index contributed by atoms with van der Waals surface area (Å²) >= 11 is 0. The molecule has 1 saturated heterocycles. The van der Waals surface area contributed by atoms with Crippen molar-refractivity contribution in [2.75, 3.05) is 13.1 Å². The largest absolute Gasteiger partial charge is 0.489 e. The van der Waals surface area contributed by atoms with Crippen LogP contribution in [-0.2, 0) is 17.4 Å². The van der Waals surface area contributed by atoms with Gasteiger partial charge in [0.15, 0.2) is 0 Å². The number of hydrogen-bond acceptors (Lipinski definition) is 5. The molecule has 1 amide bonds. The van der Waals surface area contributed by atoms with Gasteiger partial charge in [0.2, 0.25) is 11.7 Å². The summed E-state index contributed by atoms with van der Waals surface area (Å²) in [6, 6.07) is 16.0. The zero-order chi connectivity index (χ0) is 21.1. The van der Waals surface area contributed by atoms with Gasteiger partial charge in [-0.25, -0.2) is 0 Å². The highest BCUT2D eigenvalue weighted by Gasteiger charge is 2.38. The second-order valence-corrected chi connectivity index (χ2v) is 6.98. The number of amides is 1. The third-order valence-electron chi connectivity index (χ3n) is 4.78. The molecule has 1 atom stereocenters. The van der Waals surface area contributed by atoms with Gasteiger partial charge in [-0.15, -0.1) is 0 Å². The van der Waals surface area contributed by atoms with Crippen molar-refractivity contribution < 1.29 is 27.2 Å². The minimum Gasteiger partial charge on any atom is -0.489 e. The first-order valence-corrected chi connectivity index (χ1v) is 9.38. The van der Waals surface area contributed by atoms with E-state index in [2.05, 4.69) is 14.7 Å². The van der Waals surface area contributed by atoms with E-state index < -0.39 is 12.1 Å². The van der Waals surface area contributed by atoms with Gasteiger partial charge in [0.25, 0.3) is 0 Å². The monoisotopic (exact) mass is 417 g/mol. The zero-order valence-corrected chi connectivity index (χ0v) is 15.8. The molecule has 2 heterocycles. The Morgan fingerprint density at radius 3 is 2.53 bits per heavy atom. The molecule has 0 spiro atoms. The fraction of sp³-hybridized carbons (Fsp3) is 0.286. The number of hydrogen-bond donors (Lipinski definition) is 0. The summed E-state index contributed by atoms with van der Waals surface area (Å²) in [5, 5.41) is 3.36. The number of halogens is 3. The Hall–Kier alpha value is -3.36. The van der Waals surface area contributed by atoms with E-state index >= 15 is 0 Å². The molecule has 9 heteroatoms. The molecule has 1 fully saturated rings. The van der Waals surface area contributed by atoms with Crippen molar-refractivity contribution in [3.63, 3.8) is 0 Å². The predicted molar refractivity (Wildman–Crippen MR) is 100 cm³/mol. The molecule has 0 radical (unpaired) electrons. The van der Waals surface area contributed by atoms with Crippen LogP contribution in [0, 0.1) is 0 Å². The SMILES string of the molecule is O=C(Cc1ccccc1)N1CC[C@@H](Oc2ccc(-c3noc(C(F)(F)F)n3)cc2)C1. The van der Waals surface area contributed by atoms with Crippen LogP contribution in [0.1, 0.15) is 17.9 Å². The van der Waals surface area contributed by atoms with E-state index in [0.717, 1.165) is 5.56 Å². The molecule has 4 rings (SSSR count). The number of aromatic nitrogens is 2. The van der Waals surface area contributed by atoms with Gasteiger partial charge in [-0.3, -0.25) is 4.79 Å². The lowest BCUT2D eigenvalue weighted by atomic mass is 10.1. The number of alkyl halides is 3. The van der Waals surface area contributed by atoms with Crippen LogP contribution in [0.5, 0.6) is 5.75 Å². The highest BCUT2D eigenvalue weighted by Crippen LogP contribution is 2.30. The van der Waals surface area contributed by atoms with E-state index in [-0.39, 0.29) is 17.8 Å². The highest BCUT2D eigenvalue weighted by molar-refractivity contribution is 5.79. The molecular weight excluding hydrogens is 399 g/mol. The first-order valence-electron chi connectivity index (χ1n) is 9.38. The number of rotatable bonds is 5. The Labute approximate surface area is 170 Å². The van der Waals surface area contributed by atoms with E-state index in [9.17, 15) is 18.0 Å². The molecule has 1 aromatic heterocycles. The van der Waals surface area contributed by atoms with Crippen molar-refractivity contribution in [3.8, 4) is 17.1 Å². The molecule has 0 aliphatic carbocycles. The van der Waals surface area contributed by atoms with Crippen molar-refractivity contribution in [1.29, 1.82) is 0 Å². The normalized spacial score (nSPS) is 16.6. The second kappa shape index (κ2) is 8.17. The number of benzene rings is 2. The molecule has 0 N–H and O–H groups in total. The number of carbonyl (C=O) groups is 1. The van der Waals surface area contributed by atoms with Gasteiger partial charge < -0.3 is 14.2 Å². The Morgan fingerprint density at radius 2 is 1.87 bits per heavy atom. The first kappa shape index (κ1) is 19.9. The molecule has 0 saturated carbocycles. The predicted octanol–water partition coefficient (Wildman–Crippen LogP) is 3.98. The minimum atomic E-state index is -4.68. The topological polar surface area (TPSA) is 68.5 Å². The summed E-state index contributed by atoms with van der Waals surface area (Å²) in [6.07, 6.45) is -3.76. The summed E-state index contributed by atoms with van der Waals surface area (Å²) < 4.78 is 47.9. The van der Waals surface area contributed by atoms with Gasteiger partial charge in [-0.05, 0) is 29.8 Å². The minimum absolute atomic E-state index is 0.0558. The van der Waals surface area contributed by atoms with Crippen molar-refractivity contribution in [2.24, 2.45) is 0 Å². The molecule has 1 aliphatic rings. The van der Waals surface area contributed by atoms with Gasteiger partial charge in [0, 0.05) is 18.5 Å². The number of nitrogens with zero attached hydrogens (tertiary/aromatic N) is 3. The van der Waals surface area contributed by atoms with E-state index in [1.807, 2.05) is 30.3 Å². The lowest BCUT2D eigenvalue weighted by molar-refractivity contribution is -0.159. The number of likely N-dealkylation sites (tertiary alicyclic amines) is 1. The van der Waals surface area contributed by atoms with Crippen molar-refractivity contribution in [3.05, 3.63) is 66.1 Å². The maximum Gasteiger partial charge on any atom is 0.471 e. The highest BCUT2D eigenvalue weighted by atomic mass is 19.4. The fourth-order valence-corrected chi connectivity index (χ4v) is 3.26. The van der Waals surface area contributed by atoms with Gasteiger partial charge in [0.1, 0.15) is 11.9 Å². The van der Waals surface area contributed by atoms with E-state index in [4.69, 9.17) is 4.74 Å². The standard InChI is InChI=1S/C21H18F3N3O3/c22-21(23,24)20-25-19(26-30-20)15-6-8-16(9-7-15)29-17-10-11-27(13-17)18(28)12-14-4-2-1-3-5-14/h1-9,17H,10-13H2/t17-/m1/s1. The Bertz CT molecular complexity index is 1000. The summed E-state index contributed by atoms with van der Waals surface area (Å²) in [5.74, 6) is -0.919. The first-order chi connectivity index (χ1) is 14.4. The third kappa shape index (κ3) is 4.61. The average Bonchev–Trinajstić information content (AvgIpc) is 3.39. The zero-order valence-electron chi connectivity index (χ0n) is 15.8. The maximum atomic E-state index is 12.6. The molecule has 156 valence electrons. The second-order valence-electron chi connectivity index (χ2n) is 6.98. The lowest BCUT2D eigenvalue weighted by Crippen LogP contribution is -2.32. The molecule has 0 unspecified atom stereocenters. The number of ether oxygens (including phenoxy) is 1. The summed E-state index contributed by atoms with van der Waals surface area (Å²) in [4.78, 5) is 17.6. The van der Waals surface area contributed by atoms with Crippen LogP contribution in [0.15, 0.2) is 59.1 Å². The van der Waals surface area contributed by atoms with Gasteiger partial charge in [-0.2, -0.15) is 18.2 Å². The van der Waals surface area contributed by atoms with E-state index in [1.165, 1.54) is 0 Å². The molecule has 1 aliphatic heterocycles. The third-order valence-corrected chi connectivity index (χ3v) is 4.78. The van der Waals surface area contributed by atoms with Crippen molar-refractivity contribution >= 4 is 5.91 Å². The molecule has 30 heavy (non-hydrogen) atoms. The molecule has 3 aromatic rings. The van der Waals surface area contributed by atoms with Crippen LogP contribution in [-0.4, -0.2) is 40.1 Å². The summed E-state index contributed by atoms with van der Waals surface area (Å²) in [7, 11) is 0. The lowest BCUT2D eigenvalue weighted by Gasteiger charge is -2.17. The molecular formula is C21H18F3N3O3. The Kier molecular flexibility index (Phi) is 5.43. The maximum absolute atomic E-state index is 12.6. The molecule has 0 bridgehead atoms. The van der Waals surface area contributed by atoms with Gasteiger partial charge >= 0.3 is 12.1 Å². The van der Waals surface area contributed by atoms with Gasteiger partial charge in [-0.1, -0.05) is 35.5 Å². The Balaban J connectivity index is 1.33. The molecule has 2 aromatic carbocycles. The van der Waals surface area contributed by atoms with E-state index in [1.54, 1.807) is 29.2 Å². The van der Waals surface area contributed by atoms with Crippen LogP contribution in [0.3, 0.4) is 0 Å². The number of carbonyl (C=O) groups excluding carboxylic acids is 1. The van der Waals surface area contributed by atoms with Crippen molar-refractivity contribution in [1.82, 2.24) is 15.0 Å². The fourth-order valence-electron chi connectivity index (χ4n) is 3.26.